The molecular weight excluding hydrogens is 390 g/mol. The van der Waals surface area contributed by atoms with Gasteiger partial charge in [-0.2, -0.15) is 0 Å². The largest absolute Gasteiger partial charge is 0.481 e. The highest BCUT2D eigenvalue weighted by Gasteiger charge is 2.23. The fraction of sp³-hybridized carbons (Fsp3) is 0.300. The lowest BCUT2D eigenvalue weighted by molar-refractivity contribution is -0.137. The predicted molar refractivity (Wildman–Crippen MR) is 73.9 cm³/mol. The third kappa shape index (κ3) is 3.78. The van der Waals surface area contributed by atoms with E-state index >= 15 is 0 Å². The fourth-order valence-electron chi connectivity index (χ4n) is 1.22. The van der Waals surface area contributed by atoms with Gasteiger partial charge in [0.2, 0.25) is 10.0 Å². The van der Waals surface area contributed by atoms with E-state index in [9.17, 15) is 13.2 Å². The van der Waals surface area contributed by atoms with Crippen molar-refractivity contribution in [3.8, 4) is 0 Å². The summed E-state index contributed by atoms with van der Waals surface area (Å²) in [4.78, 5) is 10.6. The maximum atomic E-state index is 12.2. The summed E-state index contributed by atoms with van der Waals surface area (Å²) in [5.41, 5.74) is 0. The molecule has 0 aliphatic carbocycles. The van der Waals surface area contributed by atoms with Crippen LogP contribution in [0.5, 0.6) is 0 Å². The minimum Gasteiger partial charge on any atom is -0.481 e. The number of carboxylic acids is 1. The number of rotatable bonds is 5. The van der Waals surface area contributed by atoms with E-state index in [1.54, 1.807) is 12.1 Å². The van der Waals surface area contributed by atoms with Gasteiger partial charge in [-0.3, -0.25) is 4.79 Å². The molecule has 1 aromatic carbocycles. The van der Waals surface area contributed by atoms with Crippen LogP contribution in [0.4, 0.5) is 0 Å². The number of halogens is 2. The highest BCUT2D eigenvalue weighted by molar-refractivity contribution is 9.11. The van der Waals surface area contributed by atoms with Gasteiger partial charge < -0.3 is 5.11 Å². The Balaban J connectivity index is 3.05. The van der Waals surface area contributed by atoms with Crippen LogP contribution in [-0.2, 0) is 14.8 Å². The zero-order valence-corrected chi connectivity index (χ0v) is 13.4. The zero-order chi connectivity index (χ0) is 13.9. The lowest BCUT2D eigenvalue weighted by Gasteiger charge is -2.17. The van der Waals surface area contributed by atoms with Crippen LogP contribution in [0.25, 0.3) is 0 Å². The van der Waals surface area contributed by atoms with Crippen LogP contribution in [0.15, 0.2) is 32.0 Å². The summed E-state index contributed by atoms with van der Waals surface area (Å²) >= 11 is 6.37. The molecule has 18 heavy (non-hydrogen) atoms. The number of carbonyl (C=O) groups is 1. The SMILES string of the molecule is CN(CCC(=O)O)S(=O)(=O)c1cc(Br)ccc1Br. The molecule has 1 N–H and O–H groups in total. The topological polar surface area (TPSA) is 74.7 Å². The average Bonchev–Trinajstić information content (AvgIpc) is 2.28. The number of hydrogen-bond acceptors (Lipinski definition) is 3. The van der Waals surface area contributed by atoms with Crippen molar-refractivity contribution in [2.75, 3.05) is 13.6 Å². The van der Waals surface area contributed by atoms with Crippen LogP contribution in [-0.4, -0.2) is 37.4 Å². The van der Waals surface area contributed by atoms with Gasteiger partial charge in [-0.25, -0.2) is 12.7 Å². The lowest BCUT2D eigenvalue weighted by Crippen LogP contribution is -2.29. The summed E-state index contributed by atoms with van der Waals surface area (Å²) in [6, 6.07) is 4.79. The van der Waals surface area contributed by atoms with Gasteiger partial charge in [0.25, 0.3) is 0 Å². The zero-order valence-electron chi connectivity index (χ0n) is 9.43. The van der Waals surface area contributed by atoms with Crippen molar-refractivity contribution in [3.63, 3.8) is 0 Å². The summed E-state index contributed by atoms with van der Waals surface area (Å²) in [6.45, 7) is -0.0728. The van der Waals surface area contributed by atoms with Crippen LogP contribution < -0.4 is 0 Å². The highest BCUT2D eigenvalue weighted by atomic mass is 79.9. The van der Waals surface area contributed by atoms with E-state index in [0.29, 0.717) is 8.95 Å². The number of sulfonamides is 1. The molecule has 1 aromatic rings. The second kappa shape index (κ2) is 6.14. The number of hydrogen-bond donors (Lipinski definition) is 1. The standard InChI is InChI=1S/C10H11Br2NO4S/c1-13(5-4-10(14)15)18(16,17)9-6-7(11)2-3-8(9)12/h2-3,6H,4-5H2,1H3,(H,14,15). The number of nitrogens with zero attached hydrogens (tertiary/aromatic N) is 1. The maximum Gasteiger partial charge on any atom is 0.304 e. The van der Waals surface area contributed by atoms with E-state index in [0.717, 1.165) is 4.31 Å². The molecule has 0 aromatic heterocycles. The quantitative estimate of drug-likeness (QED) is 0.822. The molecule has 0 aliphatic heterocycles. The average molecular weight is 401 g/mol. The minimum absolute atomic E-state index is 0.0728. The second-order valence-corrected chi connectivity index (χ2v) is 7.33. The second-order valence-electron chi connectivity index (χ2n) is 3.55. The molecule has 0 amide bonds. The van der Waals surface area contributed by atoms with E-state index in [4.69, 9.17) is 5.11 Å². The first-order valence-electron chi connectivity index (χ1n) is 4.88. The first-order valence-corrected chi connectivity index (χ1v) is 7.91. The Morgan fingerprint density at radius 2 is 2.00 bits per heavy atom. The summed E-state index contributed by atoms with van der Waals surface area (Å²) in [5.74, 6) is -1.04. The molecule has 5 nitrogen and oxygen atoms in total. The molecular formula is C10H11Br2NO4S. The molecule has 0 atom stereocenters. The molecule has 0 aliphatic rings. The van der Waals surface area contributed by atoms with Crippen LogP contribution in [0.2, 0.25) is 0 Å². The monoisotopic (exact) mass is 399 g/mol. The first-order chi connectivity index (χ1) is 8.25. The van der Waals surface area contributed by atoms with Crippen LogP contribution >= 0.6 is 31.9 Å². The van der Waals surface area contributed by atoms with Crippen molar-refractivity contribution < 1.29 is 18.3 Å². The molecule has 0 unspecified atom stereocenters. The van der Waals surface area contributed by atoms with E-state index in [2.05, 4.69) is 31.9 Å². The van der Waals surface area contributed by atoms with E-state index in [-0.39, 0.29) is 17.9 Å². The van der Waals surface area contributed by atoms with Gasteiger partial charge in [0.05, 0.1) is 11.3 Å². The molecule has 100 valence electrons. The molecule has 1 rings (SSSR count). The van der Waals surface area contributed by atoms with E-state index < -0.39 is 16.0 Å². The summed E-state index contributed by atoms with van der Waals surface area (Å²) in [5, 5.41) is 8.56. The van der Waals surface area contributed by atoms with Gasteiger partial charge in [0.1, 0.15) is 0 Å². The van der Waals surface area contributed by atoms with Crippen molar-refractivity contribution >= 4 is 47.9 Å². The Bertz CT molecular complexity index is 559. The highest BCUT2D eigenvalue weighted by Crippen LogP contribution is 2.27. The summed E-state index contributed by atoms with van der Waals surface area (Å²) in [6.07, 6.45) is -0.235. The number of aliphatic carboxylic acids is 1. The van der Waals surface area contributed by atoms with Gasteiger partial charge >= 0.3 is 5.97 Å². The van der Waals surface area contributed by atoms with Gasteiger partial charge in [-0.15, -0.1) is 0 Å². The molecule has 0 radical (unpaired) electrons. The van der Waals surface area contributed by atoms with Gasteiger partial charge in [0, 0.05) is 22.5 Å². The molecule has 0 heterocycles. The molecule has 8 heteroatoms. The Kier molecular flexibility index (Phi) is 5.32. The third-order valence-electron chi connectivity index (χ3n) is 2.22. The smallest absolute Gasteiger partial charge is 0.304 e. The number of carboxylic acid groups (broad SMARTS) is 1. The van der Waals surface area contributed by atoms with Crippen molar-refractivity contribution in [3.05, 3.63) is 27.1 Å². The van der Waals surface area contributed by atoms with E-state index in [1.165, 1.54) is 13.1 Å². The van der Waals surface area contributed by atoms with E-state index in [1.807, 2.05) is 0 Å². The Morgan fingerprint density at radius 1 is 1.39 bits per heavy atom. The van der Waals surface area contributed by atoms with Gasteiger partial charge in [-0.1, -0.05) is 15.9 Å². The van der Waals surface area contributed by atoms with Crippen molar-refractivity contribution in [2.45, 2.75) is 11.3 Å². The molecule has 0 spiro atoms. The van der Waals surface area contributed by atoms with Gasteiger partial charge in [0.15, 0.2) is 0 Å². The summed E-state index contributed by atoms with van der Waals surface area (Å²) in [7, 11) is -2.34. The van der Waals surface area contributed by atoms with Crippen molar-refractivity contribution in [1.29, 1.82) is 0 Å². The predicted octanol–water partition coefficient (Wildman–Crippen LogP) is 2.31. The fourth-order valence-corrected chi connectivity index (χ4v) is 3.85. The maximum absolute atomic E-state index is 12.2. The molecule has 0 saturated carbocycles. The third-order valence-corrected chi connectivity index (χ3v) is 5.57. The normalized spacial score (nSPS) is 11.8. The van der Waals surface area contributed by atoms with Crippen molar-refractivity contribution in [2.24, 2.45) is 0 Å². The molecule has 0 bridgehead atoms. The molecule has 0 fully saturated rings. The number of benzene rings is 1. The Hall–Kier alpha value is -0.440. The van der Waals surface area contributed by atoms with Gasteiger partial charge in [-0.05, 0) is 34.1 Å². The molecule has 0 saturated heterocycles. The van der Waals surface area contributed by atoms with Crippen molar-refractivity contribution in [1.82, 2.24) is 4.31 Å². The minimum atomic E-state index is -3.69. The Morgan fingerprint density at radius 3 is 2.56 bits per heavy atom. The Labute approximate surface area is 122 Å². The van der Waals surface area contributed by atoms with Crippen LogP contribution in [0.1, 0.15) is 6.42 Å². The van der Waals surface area contributed by atoms with Crippen LogP contribution in [0, 0.1) is 0 Å². The first kappa shape index (κ1) is 15.6. The van der Waals surface area contributed by atoms with Crippen LogP contribution in [0.3, 0.4) is 0 Å². The lowest BCUT2D eigenvalue weighted by atomic mass is 10.4. The summed E-state index contributed by atoms with van der Waals surface area (Å²) < 4.78 is 26.5.